The zero-order chi connectivity index (χ0) is 11.0. The Hall–Kier alpha value is -0.160. The van der Waals surface area contributed by atoms with E-state index in [0.717, 1.165) is 38.8 Å². The topological polar surface area (TPSA) is 41.7 Å². The van der Waals surface area contributed by atoms with Crippen LogP contribution in [-0.4, -0.2) is 67.8 Å². The molecule has 4 fully saturated rings. The van der Waals surface area contributed by atoms with Gasteiger partial charge < -0.3 is 15.4 Å². The van der Waals surface area contributed by atoms with Gasteiger partial charge in [-0.25, -0.2) is 0 Å². The number of hydrogen-bond acceptors (Lipinski definition) is 4. The van der Waals surface area contributed by atoms with Crippen molar-refractivity contribution in [3.05, 3.63) is 0 Å². The Bertz CT molecular complexity index is 247. The summed E-state index contributed by atoms with van der Waals surface area (Å²) in [5.74, 6) is 0.820. The van der Waals surface area contributed by atoms with Crippen LogP contribution in [0.15, 0.2) is 0 Å². The number of ether oxygens (including phenoxy) is 1. The molecule has 0 aromatic carbocycles. The van der Waals surface area contributed by atoms with E-state index in [2.05, 4.69) is 9.80 Å². The van der Waals surface area contributed by atoms with E-state index in [0.29, 0.717) is 0 Å². The van der Waals surface area contributed by atoms with Crippen molar-refractivity contribution in [2.75, 3.05) is 52.5 Å². The molecule has 92 valence electrons. The van der Waals surface area contributed by atoms with Gasteiger partial charge >= 0.3 is 0 Å². The number of rotatable bonds is 2. The molecule has 4 saturated heterocycles. The Morgan fingerprint density at radius 1 is 1.12 bits per heavy atom. The standard InChI is InChI=1S/C12H23N3O/c13-9-12(15-5-7-16-8-6-15)10-14-3-1-11(12)2-4-14/h11H,1-10,13H2. The third kappa shape index (κ3) is 1.59. The third-order valence-corrected chi connectivity index (χ3v) is 4.84. The predicted octanol–water partition coefficient (Wildman–Crippen LogP) is -0.258. The van der Waals surface area contributed by atoms with Crippen molar-refractivity contribution in [1.29, 1.82) is 0 Å². The van der Waals surface area contributed by atoms with Crippen LogP contribution in [0.25, 0.3) is 0 Å². The van der Waals surface area contributed by atoms with Crippen LogP contribution in [0.3, 0.4) is 0 Å². The summed E-state index contributed by atoms with van der Waals surface area (Å²) in [6, 6.07) is 0. The van der Waals surface area contributed by atoms with Crippen LogP contribution < -0.4 is 5.73 Å². The maximum atomic E-state index is 6.15. The van der Waals surface area contributed by atoms with Crippen LogP contribution in [0.4, 0.5) is 0 Å². The average Bonchev–Trinajstić information content (AvgIpc) is 2.41. The fraction of sp³-hybridized carbons (Fsp3) is 1.00. The lowest BCUT2D eigenvalue weighted by atomic mass is 9.71. The molecule has 2 bridgehead atoms. The van der Waals surface area contributed by atoms with E-state index in [4.69, 9.17) is 10.5 Å². The van der Waals surface area contributed by atoms with E-state index in [1.807, 2.05) is 0 Å². The summed E-state index contributed by atoms with van der Waals surface area (Å²) in [4.78, 5) is 5.22. The van der Waals surface area contributed by atoms with Crippen molar-refractivity contribution < 1.29 is 4.74 Å². The molecule has 4 aliphatic heterocycles. The smallest absolute Gasteiger partial charge is 0.0594 e. The molecule has 0 aromatic heterocycles. The van der Waals surface area contributed by atoms with Crippen molar-refractivity contribution in [2.24, 2.45) is 11.7 Å². The van der Waals surface area contributed by atoms with Crippen molar-refractivity contribution in [1.82, 2.24) is 9.80 Å². The lowest BCUT2D eigenvalue weighted by Gasteiger charge is -2.58. The fourth-order valence-electron chi connectivity index (χ4n) is 3.87. The first kappa shape index (κ1) is 11.0. The molecule has 0 amide bonds. The molecule has 4 aliphatic rings. The molecule has 4 rings (SSSR count). The van der Waals surface area contributed by atoms with Gasteiger partial charge in [-0.05, 0) is 31.8 Å². The van der Waals surface area contributed by atoms with E-state index in [1.54, 1.807) is 0 Å². The number of hydrogen-bond donors (Lipinski definition) is 1. The van der Waals surface area contributed by atoms with Crippen molar-refractivity contribution in [3.8, 4) is 0 Å². The van der Waals surface area contributed by atoms with E-state index in [-0.39, 0.29) is 5.54 Å². The summed E-state index contributed by atoms with van der Waals surface area (Å²) in [6.45, 7) is 8.49. The number of nitrogens with zero attached hydrogens (tertiary/aromatic N) is 2. The quantitative estimate of drug-likeness (QED) is 0.703. The van der Waals surface area contributed by atoms with E-state index in [9.17, 15) is 0 Å². The molecule has 0 spiro atoms. The second-order valence-electron chi connectivity index (χ2n) is 5.46. The van der Waals surface area contributed by atoms with Crippen LogP contribution >= 0.6 is 0 Å². The van der Waals surface area contributed by atoms with Gasteiger partial charge in [-0.1, -0.05) is 0 Å². The number of piperidine rings is 3. The second kappa shape index (κ2) is 4.26. The zero-order valence-electron chi connectivity index (χ0n) is 10.0. The van der Waals surface area contributed by atoms with Crippen LogP contribution in [0.2, 0.25) is 0 Å². The molecule has 16 heavy (non-hydrogen) atoms. The summed E-state index contributed by atoms with van der Waals surface area (Å²) < 4.78 is 5.46. The lowest BCUT2D eigenvalue weighted by molar-refractivity contribution is -0.101. The molecule has 0 aromatic rings. The van der Waals surface area contributed by atoms with Gasteiger partial charge in [-0.15, -0.1) is 0 Å². The zero-order valence-corrected chi connectivity index (χ0v) is 10.0. The van der Waals surface area contributed by atoms with Gasteiger partial charge in [-0.3, -0.25) is 4.90 Å². The molecule has 4 heteroatoms. The van der Waals surface area contributed by atoms with Gasteiger partial charge in [0, 0.05) is 31.7 Å². The third-order valence-electron chi connectivity index (χ3n) is 4.84. The maximum absolute atomic E-state index is 6.15. The summed E-state index contributed by atoms with van der Waals surface area (Å²) in [6.07, 6.45) is 2.68. The Morgan fingerprint density at radius 3 is 2.31 bits per heavy atom. The summed E-state index contributed by atoms with van der Waals surface area (Å²) in [5, 5.41) is 0. The van der Waals surface area contributed by atoms with Crippen molar-refractivity contribution >= 4 is 0 Å². The number of morpholine rings is 1. The molecular formula is C12H23N3O. The second-order valence-corrected chi connectivity index (χ2v) is 5.46. The van der Waals surface area contributed by atoms with Crippen LogP contribution in [0, 0.1) is 5.92 Å². The van der Waals surface area contributed by atoms with Gasteiger partial charge in [0.25, 0.3) is 0 Å². The Labute approximate surface area is 97.7 Å². The van der Waals surface area contributed by atoms with Gasteiger partial charge in [0.2, 0.25) is 0 Å². The Balaban J connectivity index is 1.81. The normalized spacial score (nSPS) is 44.8. The molecule has 4 nitrogen and oxygen atoms in total. The SMILES string of the molecule is NCC1(N2CCOCC2)CN2CCC1CC2. The minimum atomic E-state index is 0.264. The average molecular weight is 225 g/mol. The highest BCUT2D eigenvalue weighted by molar-refractivity contribution is 5.06. The fourth-order valence-corrected chi connectivity index (χ4v) is 3.87. The van der Waals surface area contributed by atoms with Crippen LogP contribution in [-0.2, 0) is 4.74 Å². The molecule has 1 unspecified atom stereocenters. The van der Waals surface area contributed by atoms with Gasteiger partial charge in [0.15, 0.2) is 0 Å². The van der Waals surface area contributed by atoms with E-state index < -0.39 is 0 Å². The first-order valence-electron chi connectivity index (χ1n) is 6.60. The van der Waals surface area contributed by atoms with Crippen LogP contribution in [0.1, 0.15) is 12.8 Å². The summed E-state index contributed by atoms with van der Waals surface area (Å²) >= 11 is 0. The highest BCUT2D eigenvalue weighted by atomic mass is 16.5. The molecular weight excluding hydrogens is 202 g/mol. The molecule has 0 radical (unpaired) electrons. The number of fused-ring (bicyclic) bond motifs is 3. The molecule has 0 aliphatic carbocycles. The highest BCUT2D eigenvalue weighted by Crippen LogP contribution is 2.39. The largest absolute Gasteiger partial charge is 0.379 e. The minimum Gasteiger partial charge on any atom is -0.379 e. The van der Waals surface area contributed by atoms with Crippen molar-refractivity contribution in [2.45, 2.75) is 18.4 Å². The predicted molar refractivity (Wildman–Crippen MR) is 63.3 cm³/mol. The first-order valence-corrected chi connectivity index (χ1v) is 6.60. The minimum absolute atomic E-state index is 0.264. The Morgan fingerprint density at radius 2 is 1.81 bits per heavy atom. The van der Waals surface area contributed by atoms with Crippen molar-refractivity contribution in [3.63, 3.8) is 0 Å². The maximum Gasteiger partial charge on any atom is 0.0594 e. The van der Waals surface area contributed by atoms with E-state index >= 15 is 0 Å². The van der Waals surface area contributed by atoms with Gasteiger partial charge in [0.1, 0.15) is 0 Å². The number of nitrogens with two attached hydrogens (primary N) is 1. The van der Waals surface area contributed by atoms with Gasteiger partial charge in [-0.2, -0.15) is 0 Å². The molecule has 4 heterocycles. The van der Waals surface area contributed by atoms with E-state index in [1.165, 1.54) is 32.5 Å². The molecule has 1 atom stereocenters. The molecule has 2 N–H and O–H groups in total. The Kier molecular flexibility index (Phi) is 2.92. The van der Waals surface area contributed by atoms with Crippen LogP contribution in [0.5, 0.6) is 0 Å². The monoisotopic (exact) mass is 225 g/mol. The lowest BCUT2D eigenvalue weighted by Crippen LogP contribution is -2.71. The van der Waals surface area contributed by atoms with Gasteiger partial charge in [0.05, 0.1) is 13.2 Å². The highest BCUT2D eigenvalue weighted by Gasteiger charge is 2.49. The first-order chi connectivity index (χ1) is 7.85. The summed E-state index contributed by atoms with van der Waals surface area (Å²) in [5.41, 5.74) is 6.41. The summed E-state index contributed by atoms with van der Waals surface area (Å²) in [7, 11) is 0. The molecule has 0 saturated carbocycles.